The predicted molar refractivity (Wildman–Crippen MR) is 71.6 cm³/mol. The zero-order valence-corrected chi connectivity index (χ0v) is 10.7. The van der Waals surface area contributed by atoms with Gasteiger partial charge in [-0.25, -0.2) is 0 Å². The molecule has 1 aromatic carbocycles. The third kappa shape index (κ3) is 2.34. The van der Waals surface area contributed by atoms with E-state index in [0.717, 1.165) is 16.8 Å². The smallest absolute Gasteiger partial charge is 0.278 e. The Balaban J connectivity index is 2.24. The number of carbonyl (C=O) groups excluding carboxylic acids is 1. The SMILES string of the molecule is Cc1cc(C)cc(NC(=O)c2n[nH]c(C)c2N)c1. The number of hydrogen-bond acceptors (Lipinski definition) is 3. The monoisotopic (exact) mass is 244 g/mol. The molecule has 94 valence electrons. The highest BCUT2D eigenvalue weighted by Gasteiger charge is 2.15. The van der Waals surface area contributed by atoms with E-state index >= 15 is 0 Å². The van der Waals surface area contributed by atoms with E-state index in [1.54, 1.807) is 6.92 Å². The van der Waals surface area contributed by atoms with Crippen molar-refractivity contribution in [2.24, 2.45) is 0 Å². The maximum atomic E-state index is 12.0. The number of nitrogen functional groups attached to an aromatic ring is 1. The number of aromatic nitrogens is 2. The van der Waals surface area contributed by atoms with Gasteiger partial charge in [-0.2, -0.15) is 5.10 Å². The maximum absolute atomic E-state index is 12.0. The summed E-state index contributed by atoms with van der Waals surface area (Å²) in [5, 5.41) is 9.38. The second-order valence-corrected chi connectivity index (χ2v) is 4.44. The summed E-state index contributed by atoms with van der Waals surface area (Å²) in [4.78, 5) is 12.0. The third-order valence-corrected chi connectivity index (χ3v) is 2.69. The standard InChI is InChI=1S/C13H16N4O/c1-7-4-8(2)6-10(5-7)15-13(18)12-11(14)9(3)16-17-12/h4-6H,14H2,1-3H3,(H,15,18)(H,16,17). The quantitative estimate of drug-likeness (QED) is 0.757. The fourth-order valence-corrected chi connectivity index (χ4v) is 1.85. The summed E-state index contributed by atoms with van der Waals surface area (Å²) < 4.78 is 0. The number of carbonyl (C=O) groups is 1. The van der Waals surface area contributed by atoms with Crippen LogP contribution in [-0.4, -0.2) is 16.1 Å². The minimum atomic E-state index is -0.304. The van der Waals surface area contributed by atoms with Crippen molar-refractivity contribution in [2.75, 3.05) is 11.1 Å². The highest BCUT2D eigenvalue weighted by atomic mass is 16.2. The third-order valence-electron chi connectivity index (χ3n) is 2.69. The summed E-state index contributed by atoms with van der Waals surface area (Å²) in [6, 6.07) is 5.85. The number of nitrogens with one attached hydrogen (secondary N) is 2. The molecule has 0 fully saturated rings. The first-order valence-electron chi connectivity index (χ1n) is 5.67. The first kappa shape index (κ1) is 12.2. The highest BCUT2D eigenvalue weighted by Crippen LogP contribution is 2.17. The van der Waals surface area contributed by atoms with Gasteiger partial charge in [-0.15, -0.1) is 0 Å². The molecule has 0 saturated carbocycles. The molecule has 0 saturated heterocycles. The number of anilines is 2. The van der Waals surface area contributed by atoms with E-state index in [1.165, 1.54) is 0 Å². The number of hydrogen-bond donors (Lipinski definition) is 3. The van der Waals surface area contributed by atoms with Crippen molar-refractivity contribution in [1.82, 2.24) is 10.2 Å². The Morgan fingerprint density at radius 3 is 2.33 bits per heavy atom. The fourth-order valence-electron chi connectivity index (χ4n) is 1.85. The highest BCUT2D eigenvalue weighted by molar-refractivity contribution is 6.06. The molecule has 4 N–H and O–H groups in total. The summed E-state index contributed by atoms with van der Waals surface area (Å²) in [7, 11) is 0. The van der Waals surface area contributed by atoms with E-state index in [2.05, 4.69) is 15.5 Å². The number of benzene rings is 1. The minimum Gasteiger partial charge on any atom is -0.395 e. The van der Waals surface area contributed by atoms with Gasteiger partial charge in [0, 0.05) is 5.69 Å². The normalized spacial score (nSPS) is 10.4. The molecule has 0 unspecified atom stereocenters. The Hall–Kier alpha value is -2.30. The number of nitrogens with zero attached hydrogens (tertiary/aromatic N) is 1. The Bertz CT molecular complexity index is 581. The van der Waals surface area contributed by atoms with Crippen LogP contribution in [0.15, 0.2) is 18.2 Å². The van der Waals surface area contributed by atoms with Gasteiger partial charge in [0.1, 0.15) is 0 Å². The van der Waals surface area contributed by atoms with Gasteiger partial charge >= 0.3 is 0 Å². The lowest BCUT2D eigenvalue weighted by atomic mass is 10.1. The molecule has 0 aliphatic carbocycles. The molecule has 1 amide bonds. The predicted octanol–water partition coefficient (Wildman–Crippen LogP) is 2.17. The van der Waals surface area contributed by atoms with Crippen LogP contribution in [0.3, 0.4) is 0 Å². The number of aromatic amines is 1. The van der Waals surface area contributed by atoms with Gasteiger partial charge in [-0.3, -0.25) is 9.89 Å². The Labute approximate surface area is 105 Å². The fraction of sp³-hybridized carbons (Fsp3) is 0.231. The van der Waals surface area contributed by atoms with Crippen molar-refractivity contribution < 1.29 is 4.79 Å². The van der Waals surface area contributed by atoms with Crippen LogP contribution < -0.4 is 11.1 Å². The molecule has 1 heterocycles. The van der Waals surface area contributed by atoms with Crippen molar-refractivity contribution in [3.05, 3.63) is 40.7 Å². The molecule has 0 bridgehead atoms. The number of amides is 1. The van der Waals surface area contributed by atoms with Gasteiger partial charge in [-0.05, 0) is 44.0 Å². The zero-order chi connectivity index (χ0) is 13.3. The Morgan fingerprint density at radius 2 is 1.83 bits per heavy atom. The van der Waals surface area contributed by atoms with E-state index in [0.29, 0.717) is 11.4 Å². The van der Waals surface area contributed by atoms with Crippen LogP contribution >= 0.6 is 0 Å². The molecular formula is C13H16N4O. The average molecular weight is 244 g/mol. The van der Waals surface area contributed by atoms with Gasteiger partial charge in [-0.1, -0.05) is 6.07 Å². The number of nitrogens with two attached hydrogens (primary N) is 1. The maximum Gasteiger partial charge on any atom is 0.278 e. The van der Waals surface area contributed by atoms with E-state index in [1.807, 2.05) is 32.0 Å². The molecule has 18 heavy (non-hydrogen) atoms. The Kier molecular flexibility index (Phi) is 3.06. The molecule has 5 nitrogen and oxygen atoms in total. The number of aryl methyl sites for hydroxylation is 3. The molecule has 0 spiro atoms. The molecule has 2 aromatic rings. The second kappa shape index (κ2) is 4.52. The largest absolute Gasteiger partial charge is 0.395 e. The van der Waals surface area contributed by atoms with Gasteiger partial charge in [0.25, 0.3) is 5.91 Å². The van der Waals surface area contributed by atoms with Crippen molar-refractivity contribution in [2.45, 2.75) is 20.8 Å². The Morgan fingerprint density at radius 1 is 1.22 bits per heavy atom. The van der Waals surface area contributed by atoms with Crippen LogP contribution in [0.4, 0.5) is 11.4 Å². The van der Waals surface area contributed by atoms with Gasteiger partial charge in [0.05, 0.1) is 11.4 Å². The lowest BCUT2D eigenvalue weighted by Gasteiger charge is -2.06. The van der Waals surface area contributed by atoms with Crippen molar-refractivity contribution in [3.8, 4) is 0 Å². The topological polar surface area (TPSA) is 83.8 Å². The lowest BCUT2D eigenvalue weighted by Crippen LogP contribution is -2.14. The van der Waals surface area contributed by atoms with Crippen molar-refractivity contribution in [3.63, 3.8) is 0 Å². The summed E-state index contributed by atoms with van der Waals surface area (Å²) in [6.07, 6.45) is 0. The van der Waals surface area contributed by atoms with Crippen molar-refractivity contribution in [1.29, 1.82) is 0 Å². The summed E-state index contributed by atoms with van der Waals surface area (Å²) in [5.74, 6) is -0.304. The minimum absolute atomic E-state index is 0.228. The van der Waals surface area contributed by atoms with Crippen LogP contribution in [0, 0.1) is 20.8 Å². The van der Waals surface area contributed by atoms with Gasteiger partial charge in [0.2, 0.25) is 0 Å². The van der Waals surface area contributed by atoms with Gasteiger partial charge in [0.15, 0.2) is 5.69 Å². The van der Waals surface area contributed by atoms with Crippen LogP contribution in [0.5, 0.6) is 0 Å². The van der Waals surface area contributed by atoms with Gasteiger partial charge < -0.3 is 11.1 Å². The van der Waals surface area contributed by atoms with E-state index in [4.69, 9.17) is 5.73 Å². The molecule has 0 aliphatic rings. The zero-order valence-electron chi connectivity index (χ0n) is 10.7. The number of H-pyrrole nitrogens is 1. The molecule has 5 heteroatoms. The summed E-state index contributed by atoms with van der Waals surface area (Å²) in [5.41, 5.74) is 10.0. The van der Waals surface area contributed by atoms with Crippen molar-refractivity contribution >= 4 is 17.3 Å². The molecule has 0 atom stereocenters. The summed E-state index contributed by atoms with van der Waals surface area (Å²) >= 11 is 0. The average Bonchev–Trinajstić information content (AvgIpc) is 2.58. The lowest BCUT2D eigenvalue weighted by molar-refractivity contribution is 0.102. The van der Waals surface area contributed by atoms with E-state index in [9.17, 15) is 4.79 Å². The first-order chi connectivity index (χ1) is 8.47. The second-order valence-electron chi connectivity index (χ2n) is 4.44. The summed E-state index contributed by atoms with van der Waals surface area (Å²) in [6.45, 7) is 5.74. The molecule has 2 rings (SSSR count). The van der Waals surface area contributed by atoms with Crippen LogP contribution in [0.2, 0.25) is 0 Å². The van der Waals surface area contributed by atoms with E-state index in [-0.39, 0.29) is 11.6 Å². The molecular weight excluding hydrogens is 228 g/mol. The molecule has 0 aliphatic heterocycles. The molecule has 0 radical (unpaired) electrons. The van der Waals surface area contributed by atoms with Crippen LogP contribution in [-0.2, 0) is 0 Å². The van der Waals surface area contributed by atoms with Crippen LogP contribution in [0.25, 0.3) is 0 Å². The first-order valence-corrected chi connectivity index (χ1v) is 5.67. The van der Waals surface area contributed by atoms with E-state index < -0.39 is 0 Å². The van der Waals surface area contributed by atoms with Crippen LogP contribution in [0.1, 0.15) is 27.3 Å². The number of rotatable bonds is 2. The molecule has 1 aromatic heterocycles.